The number of nitriles is 1. The van der Waals surface area contributed by atoms with E-state index in [-0.39, 0.29) is 5.02 Å². The Balaban J connectivity index is 2.36. The van der Waals surface area contributed by atoms with E-state index >= 15 is 0 Å². The number of nitro benzene ring substituents is 1. The van der Waals surface area contributed by atoms with Crippen LogP contribution in [-0.4, -0.2) is 19.4 Å². The highest BCUT2D eigenvalue weighted by molar-refractivity contribution is 7.89. The van der Waals surface area contributed by atoms with Crippen LogP contribution < -0.4 is 4.72 Å². The smallest absolute Gasteiger partial charge is 0.258 e. The number of sulfonamides is 1. The first-order valence-electron chi connectivity index (χ1n) is 6.21. The van der Waals surface area contributed by atoms with Crippen LogP contribution in [0.4, 0.5) is 5.69 Å². The summed E-state index contributed by atoms with van der Waals surface area (Å²) in [6.07, 6.45) is 1.90. The average Bonchev–Trinajstić information content (AvgIpc) is 2.84. The number of rotatable bonds is 4. The lowest BCUT2D eigenvalue weighted by Crippen LogP contribution is -2.37. The fourth-order valence-electron chi connectivity index (χ4n) is 2.38. The first-order valence-corrected chi connectivity index (χ1v) is 8.07. The quantitative estimate of drug-likeness (QED) is 0.672. The molecule has 1 aromatic rings. The molecule has 1 fully saturated rings. The van der Waals surface area contributed by atoms with Crippen molar-refractivity contribution in [2.45, 2.75) is 30.2 Å². The van der Waals surface area contributed by atoms with Crippen molar-refractivity contribution in [1.82, 2.24) is 4.72 Å². The maximum atomic E-state index is 12.3. The Morgan fingerprint density at radius 2 is 2.14 bits per heavy atom. The maximum absolute atomic E-state index is 12.3. The van der Waals surface area contributed by atoms with Crippen molar-refractivity contribution in [2.75, 3.05) is 0 Å². The lowest BCUT2D eigenvalue weighted by Gasteiger charge is -2.15. The van der Waals surface area contributed by atoms with Gasteiger partial charge in [0, 0.05) is 17.1 Å². The molecule has 2 unspecified atom stereocenters. The minimum atomic E-state index is -4.08. The van der Waals surface area contributed by atoms with Crippen molar-refractivity contribution < 1.29 is 13.3 Å². The number of hydrogen-bond donors (Lipinski definition) is 1. The van der Waals surface area contributed by atoms with Gasteiger partial charge >= 0.3 is 0 Å². The summed E-state index contributed by atoms with van der Waals surface area (Å²) in [6, 6.07) is 4.90. The topological polar surface area (TPSA) is 113 Å². The van der Waals surface area contributed by atoms with Gasteiger partial charge in [-0.05, 0) is 25.0 Å². The van der Waals surface area contributed by atoms with E-state index in [2.05, 4.69) is 10.8 Å². The van der Waals surface area contributed by atoms with Crippen LogP contribution in [-0.2, 0) is 10.0 Å². The van der Waals surface area contributed by atoms with Gasteiger partial charge < -0.3 is 0 Å². The second kappa shape index (κ2) is 5.97. The van der Waals surface area contributed by atoms with Crippen LogP contribution in [0, 0.1) is 27.4 Å². The summed E-state index contributed by atoms with van der Waals surface area (Å²) in [5.41, 5.74) is -0.582. The SMILES string of the molecule is N#CC1CCCC1NS(=O)(=O)c1ccc(Cl)cc1[N+](=O)[O-]. The fraction of sp³-hybridized carbons (Fsp3) is 0.417. The van der Waals surface area contributed by atoms with Crippen LogP contribution in [0.25, 0.3) is 0 Å². The van der Waals surface area contributed by atoms with Crippen molar-refractivity contribution >= 4 is 27.3 Å². The van der Waals surface area contributed by atoms with Crippen molar-refractivity contribution in [2.24, 2.45) is 5.92 Å². The first-order chi connectivity index (χ1) is 9.85. The van der Waals surface area contributed by atoms with Gasteiger partial charge in [0.1, 0.15) is 0 Å². The summed E-state index contributed by atoms with van der Waals surface area (Å²) in [5, 5.41) is 20.0. The van der Waals surface area contributed by atoms with Crippen molar-refractivity contribution in [3.8, 4) is 6.07 Å². The summed E-state index contributed by atoms with van der Waals surface area (Å²) >= 11 is 5.66. The molecule has 0 aromatic heterocycles. The van der Waals surface area contributed by atoms with E-state index in [1.165, 1.54) is 6.07 Å². The highest BCUT2D eigenvalue weighted by Crippen LogP contribution is 2.30. The molecule has 1 aliphatic carbocycles. The van der Waals surface area contributed by atoms with Gasteiger partial charge in [0.05, 0.1) is 16.9 Å². The molecule has 112 valence electrons. The minimum absolute atomic E-state index is 0.0800. The van der Waals surface area contributed by atoms with Crippen LogP contribution >= 0.6 is 11.6 Å². The number of hydrogen-bond acceptors (Lipinski definition) is 5. The van der Waals surface area contributed by atoms with E-state index in [1.807, 2.05) is 0 Å². The summed E-state index contributed by atoms with van der Waals surface area (Å²) in [4.78, 5) is 9.74. The van der Waals surface area contributed by atoms with E-state index in [0.717, 1.165) is 18.6 Å². The average molecular weight is 330 g/mol. The Morgan fingerprint density at radius 3 is 2.76 bits per heavy atom. The van der Waals surface area contributed by atoms with Gasteiger partial charge in [-0.15, -0.1) is 0 Å². The van der Waals surface area contributed by atoms with Crippen molar-refractivity contribution in [1.29, 1.82) is 5.26 Å². The molecule has 2 rings (SSSR count). The Hall–Kier alpha value is -1.69. The van der Waals surface area contributed by atoms with Crippen LogP contribution in [0.15, 0.2) is 23.1 Å². The van der Waals surface area contributed by atoms with E-state index in [1.54, 1.807) is 0 Å². The lowest BCUT2D eigenvalue weighted by atomic mass is 10.1. The minimum Gasteiger partial charge on any atom is -0.258 e. The van der Waals surface area contributed by atoms with Gasteiger partial charge in [-0.2, -0.15) is 5.26 Å². The van der Waals surface area contributed by atoms with Crippen LogP contribution in [0.1, 0.15) is 19.3 Å². The molecule has 0 spiro atoms. The monoisotopic (exact) mass is 329 g/mol. The molecule has 1 N–H and O–H groups in total. The lowest BCUT2D eigenvalue weighted by molar-refractivity contribution is -0.387. The predicted octanol–water partition coefficient (Wildman–Crippen LogP) is 2.22. The molecule has 1 saturated carbocycles. The third-order valence-corrected chi connectivity index (χ3v) is 5.17. The number of nitrogens with zero attached hydrogens (tertiary/aromatic N) is 2. The van der Waals surface area contributed by atoms with Gasteiger partial charge in [-0.25, -0.2) is 13.1 Å². The molecule has 0 radical (unpaired) electrons. The Morgan fingerprint density at radius 1 is 1.43 bits per heavy atom. The number of halogens is 1. The molecule has 21 heavy (non-hydrogen) atoms. The number of nitrogens with one attached hydrogen (secondary N) is 1. The van der Waals surface area contributed by atoms with Crippen molar-refractivity contribution in [3.63, 3.8) is 0 Å². The third-order valence-electron chi connectivity index (χ3n) is 3.40. The normalized spacial score (nSPS) is 21.9. The molecule has 0 bridgehead atoms. The van der Waals surface area contributed by atoms with Gasteiger partial charge in [-0.3, -0.25) is 10.1 Å². The molecule has 1 aliphatic rings. The Labute approximate surface area is 126 Å². The van der Waals surface area contributed by atoms with Gasteiger partial charge in [0.25, 0.3) is 5.69 Å². The number of benzene rings is 1. The zero-order valence-electron chi connectivity index (χ0n) is 10.8. The van der Waals surface area contributed by atoms with Crippen LogP contribution in [0.5, 0.6) is 0 Å². The van der Waals surface area contributed by atoms with Crippen molar-refractivity contribution in [3.05, 3.63) is 33.3 Å². The fourth-order valence-corrected chi connectivity index (χ4v) is 4.01. The van der Waals surface area contributed by atoms with Crippen LogP contribution in [0.2, 0.25) is 5.02 Å². The molecule has 2 atom stereocenters. The third kappa shape index (κ3) is 3.32. The van der Waals surface area contributed by atoms with Gasteiger partial charge in [-0.1, -0.05) is 18.0 Å². The van der Waals surface area contributed by atoms with Gasteiger partial charge in [0.15, 0.2) is 4.90 Å². The van der Waals surface area contributed by atoms with E-state index in [9.17, 15) is 18.5 Å². The molecule has 1 aromatic carbocycles. The molecule has 0 saturated heterocycles. The Kier molecular flexibility index (Phi) is 4.46. The largest absolute Gasteiger partial charge is 0.290 e. The predicted molar refractivity (Wildman–Crippen MR) is 75.2 cm³/mol. The highest BCUT2D eigenvalue weighted by Gasteiger charge is 2.34. The summed E-state index contributed by atoms with van der Waals surface area (Å²) < 4.78 is 27.0. The summed E-state index contributed by atoms with van der Waals surface area (Å²) in [7, 11) is -4.08. The zero-order valence-corrected chi connectivity index (χ0v) is 12.4. The molecule has 7 nitrogen and oxygen atoms in total. The molecule has 0 heterocycles. The van der Waals surface area contributed by atoms with Crippen LogP contribution in [0.3, 0.4) is 0 Å². The van der Waals surface area contributed by atoms with E-state index in [4.69, 9.17) is 16.9 Å². The standard InChI is InChI=1S/C12H12ClN3O4S/c13-9-4-5-12(11(6-9)16(17)18)21(19,20)15-10-3-1-2-8(10)7-14/h4-6,8,10,15H,1-3H2. The zero-order chi connectivity index (χ0) is 15.6. The highest BCUT2D eigenvalue weighted by atomic mass is 35.5. The molecule has 0 aliphatic heterocycles. The molecule has 0 amide bonds. The molecular formula is C12H12ClN3O4S. The number of nitro groups is 1. The van der Waals surface area contributed by atoms with E-state index in [0.29, 0.717) is 12.8 Å². The summed E-state index contributed by atoms with van der Waals surface area (Å²) in [5.74, 6) is -0.411. The second-order valence-electron chi connectivity index (χ2n) is 4.76. The molecular weight excluding hydrogens is 318 g/mol. The molecule has 9 heteroatoms. The van der Waals surface area contributed by atoms with Gasteiger partial charge in [0.2, 0.25) is 10.0 Å². The van der Waals surface area contributed by atoms with E-state index < -0.39 is 37.5 Å². The maximum Gasteiger partial charge on any atom is 0.290 e. The summed E-state index contributed by atoms with van der Waals surface area (Å²) in [6.45, 7) is 0. The Bertz CT molecular complexity index is 714. The second-order valence-corrected chi connectivity index (χ2v) is 6.88. The first kappa shape index (κ1) is 15.7.